The highest BCUT2D eigenvalue weighted by atomic mass is 15.3. The van der Waals surface area contributed by atoms with Crippen molar-refractivity contribution in [1.29, 1.82) is 0 Å². The van der Waals surface area contributed by atoms with Crippen LogP contribution in [0.5, 0.6) is 0 Å². The van der Waals surface area contributed by atoms with E-state index in [9.17, 15) is 0 Å². The van der Waals surface area contributed by atoms with Crippen molar-refractivity contribution in [1.82, 2.24) is 9.13 Å². The van der Waals surface area contributed by atoms with Crippen LogP contribution in [0.2, 0.25) is 0 Å². The van der Waals surface area contributed by atoms with Gasteiger partial charge in [-0.1, -0.05) is 91.0 Å². The summed E-state index contributed by atoms with van der Waals surface area (Å²) in [5, 5.41) is 5.06. The molecular formula is C42H29N3. The number of nitrogens with zero attached hydrogens (tertiary/aromatic N) is 3. The van der Waals surface area contributed by atoms with Gasteiger partial charge in [0.2, 0.25) is 0 Å². The lowest BCUT2D eigenvalue weighted by Crippen LogP contribution is -2.13. The molecule has 2 aliphatic rings. The summed E-state index contributed by atoms with van der Waals surface area (Å²) in [5.74, 6) is 1.14. The summed E-state index contributed by atoms with van der Waals surface area (Å²) in [4.78, 5) is 2.44. The predicted molar refractivity (Wildman–Crippen MR) is 189 cm³/mol. The second kappa shape index (κ2) is 9.35. The molecule has 0 unspecified atom stereocenters. The van der Waals surface area contributed by atoms with Gasteiger partial charge in [0.1, 0.15) is 5.82 Å². The first-order valence-electron chi connectivity index (χ1n) is 15.8. The number of anilines is 3. The van der Waals surface area contributed by atoms with Crippen LogP contribution < -0.4 is 4.90 Å². The van der Waals surface area contributed by atoms with Crippen molar-refractivity contribution < 1.29 is 0 Å². The zero-order valence-electron chi connectivity index (χ0n) is 24.7. The van der Waals surface area contributed by atoms with Crippen molar-refractivity contribution in [3.05, 3.63) is 157 Å². The lowest BCUT2D eigenvalue weighted by Gasteiger charge is -2.26. The van der Waals surface area contributed by atoms with Crippen molar-refractivity contribution in [3.8, 4) is 22.5 Å². The Bertz CT molecular complexity index is 2490. The van der Waals surface area contributed by atoms with Gasteiger partial charge < -0.3 is 4.57 Å². The SMILES string of the molecule is C1=Cc2c(n(-c3ccc(N4c5ccccc5-c5ccccc5-n5c4cc4cc6ccccc6cc45)cc3)c3ccccc23)CC1. The number of rotatable bonds is 2. The number of hydrogen-bond acceptors (Lipinski definition) is 1. The maximum atomic E-state index is 2.46. The topological polar surface area (TPSA) is 13.1 Å². The summed E-state index contributed by atoms with van der Waals surface area (Å²) >= 11 is 0. The smallest absolute Gasteiger partial charge is 0.123 e. The summed E-state index contributed by atoms with van der Waals surface area (Å²) in [5.41, 5.74) is 12.4. The van der Waals surface area contributed by atoms with Crippen LogP contribution in [0.3, 0.4) is 0 Å². The van der Waals surface area contributed by atoms with E-state index in [0.717, 1.165) is 24.3 Å². The second-order valence-electron chi connectivity index (χ2n) is 12.1. The fraction of sp³-hybridized carbons (Fsp3) is 0.0476. The second-order valence-corrected chi connectivity index (χ2v) is 12.1. The van der Waals surface area contributed by atoms with E-state index < -0.39 is 0 Å². The van der Waals surface area contributed by atoms with Gasteiger partial charge in [-0.05, 0) is 84.3 Å². The molecule has 0 radical (unpaired) electrons. The minimum Gasteiger partial charge on any atom is -0.313 e. The summed E-state index contributed by atoms with van der Waals surface area (Å²) in [7, 11) is 0. The summed E-state index contributed by atoms with van der Waals surface area (Å²) in [6, 6.07) is 51.3. The van der Waals surface area contributed by atoms with Crippen molar-refractivity contribution in [2.75, 3.05) is 4.90 Å². The van der Waals surface area contributed by atoms with E-state index in [1.807, 2.05) is 0 Å². The molecule has 1 aliphatic heterocycles. The first kappa shape index (κ1) is 24.6. The van der Waals surface area contributed by atoms with Crippen LogP contribution in [-0.2, 0) is 6.42 Å². The Hall–Kier alpha value is -5.80. The molecule has 0 amide bonds. The molecule has 0 saturated carbocycles. The van der Waals surface area contributed by atoms with Crippen LogP contribution in [0.15, 0.2) is 146 Å². The Morgan fingerprint density at radius 2 is 1.16 bits per heavy atom. The molecule has 2 aromatic heterocycles. The number of aromatic nitrogens is 2. The molecule has 3 heteroatoms. The van der Waals surface area contributed by atoms with Crippen LogP contribution in [0.1, 0.15) is 17.7 Å². The molecule has 8 aromatic rings. The van der Waals surface area contributed by atoms with Crippen LogP contribution in [0, 0.1) is 0 Å². The highest BCUT2D eigenvalue weighted by Gasteiger charge is 2.28. The maximum absolute atomic E-state index is 2.46. The molecule has 45 heavy (non-hydrogen) atoms. The normalized spacial score (nSPS) is 13.5. The number of para-hydroxylation sites is 3. The maximum Gasteiger partial charge on any atom is 0.123 e. The predicted octanol–water partition coefficient (Wildman–Crippen LogP) is 11.1. The molecule has 0 fully saturated rings. The summed E-state index contributed by atoms with van der Waals surface area (Å²) in [6.45, 7) is 0. The zero-order chi connectivity index (χ0) is 29.5. The first-order chi connectivity index (χ1) is 22.3. The molecule has 0 atom stereocenters. The van der Waals surface area contributed by atoms with Gasteiger partial charge in [0, 0.05) is 44.5 Å². The molecule has 1 aliphatic carbocycles. The zero-order valence-corrected chi connectivity index (χ0v) is 24.7. The van der Waals surface area contributed by atoms with E-state index >= 15 is 0 Å². The van der Waals surface area contributed by atoms with Crippen molar-refractivity contribution in [2.45, 2.75) is 12.8 Å². The van der Waals surface area contributed by atoms with Gasteiger partial charge in [-0.25, -0.2) is 0 Å². The Labute approximate surface area is 261 Å². The van der Waals surface area contributed by atoms with E-state index in [4.69, 9.17) is 0 Å². The Morgan fingerprint density at radius 1 is 0.489 bits per heavy atom. The highest BCUT2D eigenvalue weighted by molar-refractivity contribution is 6.04. The molecule has 3 nitrogen and oxygen atoms in total. The van der Waals surface area contributed by atoms with E-state index in [2.05, 4.69) is 166 Å². The molecular weight excluding hydrogens is 546 g/mol. The third kappa shape index (κ3) is 3.52. The van der Waals surface area contributed by atoms with Gasteiger partial charge in [0.15, 0.2) is 0 Å². The van der Waals surface area contributed by atoms with Crippen LogP contribution in [0.25, 0.3) is 61.2 Å². The van der Waals surface area contributed by atoms with Crippen LogP contribution in [-0.4, -0.2) is 9.13 Å². The summed E-state index contributed by atoms with van der Waals surface area (Å²) < 4.78 is 4.92. The van der Waals surface area contributed by atoms with Crippen molar-refractivity contribution in [3.63, 3.8) is 0 Å². The average molecular weight is 576 g/mol. The highest BCUT2D eigenvalue weighted by Crippen LogP contribution is 2.49. The van der Waals surface area contributed by atoms with Gasteiger partial charge in [-0.2, -0.15) is 0 Å². The molecule has 10 rings (SSSR count). The quantitative estimate of drug-likeness (QED) is 0.200. The van der Waals surface area contributed by atoms with E-state index in [1.54, 1.807) is 0 Å². The molecule has 212 valence electrons. The number of benzene rings is 6. The largest absolute Gasteiger partial charge is 0.313 e. The fourth-order valence-electron chi connectivity index (χ4n) is 7.70. The Morgan fingerprint density at radius 3 is 2.00 bits per heavy atom. The molecule has 3 heterocycles. The van der Waals surface area contributed by atoms with E-state index in [0.29, 0.717) is 0 Å². The Kier molecular flexibility index (Phi) is 5.11. The first-order valence-corrected chi connectivity index (χ1v) is 15.8. The lowest BCUT2D eigenvalue weighted by atomic mass is 10.0. The van der Waals surface area contributed by atoms with Crippen LogP contribution >= 0.6 is 0 Å². The van der Waals surface area contributed by atoms with E-state index in [-0.39, 0.29) is 0 Å². The fourth-order valence-corrected chi connectivity index (χ4v) is 7.70. The molecule has 0 saturated heterocycles. The average Bonchev–Trinajstić information content (AvgIpc) is 3.59. The molecule has 0 N–H and O–H groups in total. The van der Waals surface area contributed by atoms with E-state index in [1.165, 1.54) is 72.0 Å². The Balaban J connectivity index is 1.22. The lowest BCUT2D eigenvalue weighted by molar-refractivity contribution is 0.888. The van der Waals surface area contributed by atoms with Gasteiger partial charge >= 0.3 is 0 Å². The molecule has 6 aromatic carbocycles. The minimum absolute atomic E-state index is 1.05. The van der Waals surface area contributed by atoms with Gasteiger partial charge in [0.05, 0.1) is 22.4 Å². The molecule has 0 bridgehead atoms. The third-order valence-electron chi connectivity index (χ3n) is 9.67. The van der Waals surface area contributed by atoms with Crippen molar-refractivity contribution in [2.24, 2.45) is 0 Å². The minimum atomic E-state index is 1.05. The monoisotopic (exact) mass is 575 g/mol. The number of fused-ring (bicyclic) bond motifs is 11. The van der Waals surface area contributed by atoms with Gasteiger partial charge in [0.25, 0.3) is 0 Å². The third-order valence-corrected chi connectivity index (χ3v) is 9.67. The van der Waals surface area contributed by atoms with Crippen LogP contribution in [0.4, 0.5) is 17.2 Å². The number of allylic oxidation sites excluding steroid dienone is 1. The van der Waals surface area contributed by atoms with Gasteiger partial charge in [-0.15, -0.1) is 0 Å². The summed E-state index contributed by atoms with van der Waals surface area (Å²) in [6.07, 6.45) is 6.74. The van der Waals surface area contributed by atoms with Gasteiger partial charge in [-0.3, -0.25) is 9.47 Å². The number of hydrogen-bond donors (Lipinski definition) is 0. The molecule has 0 spiro atoms. The van der Waals surface area contributed by atoms with Crippen molar-refractivity contribution >= 4 is 55.8 Å². The standard InChI is InChI=1S/C42H29N3/c1-2-12-29-26-41-30(25-28(29)11-1)27-42-44(39-19-9-5-15-35(39)36-16-6-10-20-40(36)45(41)42)32-23-21-31(22-24-32)43-37-17-7-3-13-33(37)34-14-4-8-18-38(34)43/h1-7,9-17,19-27H,8,18H2.